The third-order valence-electron chi connectivity index (χ3n) is 3.61. The van der Waals surface area contributed by atoms with E-state index in [2.05, 4.69) is 47.4 Å². The van der Waals surface area contributed by atoms with Crippen LogP contribution in [0, 0.1) is 0 Å². The Hall–Kier alpha value is -1.54. The number of benzene rings is 2. The SMILES string of the molecule is c1ccc2c(OCCN3CCCC3)cccc2c1. The summed E-state index contributed by atoms with van der Waals surface area (Å²) in [5.41, 5.74) is 0. The molecule has 2 nitrogen and oxygen atoms in total. The first-order valence-electron chi connectivity index (χ1n) is 6.76. The van der Waals surface area contributed by atoms with Crippen LogP contribution < -0.4 is 4.74 Å². The van der Waals surface area contributed by atoms with E-state index in [1.165, 1.54) is 36.7 Å². The molecule has 0 aromatic heterocycles. The Balaban J connectivity index is 1.66. The van der Waals surface area contributed by atoms with E-state index in [1.807, 2.05) is 0 Å². The molecule has 0 N–H and O–H groups in total. The molecular weight excluding hydrogens is 222 g/mol. The average Bonchev–Trinajstić information content (AvgIpc) is 2.92. The molecule has 0 aliphatic carbocycles. The van der Waals surface area contributed by atoms with E-state index >= 15 is 0 Å². The molecule has 0 spiro atoms. The Labute approximate surface area is 108 Å². The van der Waals surface area contributed by atoms with Crippen LogP contribution in [0.5, 0.6) is 5.75 Å². The highest BCUT2D eigenvalue weighted by atomic mass is 16.5. The highest BCUT2D eigenvalue weighted by Gasteiger charge is 2.11. The molecule has 1 heterocycles. The van der Waals surface area contributed by atoms with E-state index < -0.39 is 0 Å². The van der Waals surface area contributed by atoms with Gasteiger partial charge in [0.2, 0.25) is 0 Å². The van der Waals surface area contributed by atoms with Gasteiger partial charge in [0.15, 0.2) is 0 Å². The second-order valence-corrected chi connectivity index (χ2v) is 4.87. The van der Waals surface area contributed by atoms with Gasteiger partial charge in [-0.25, -0.2) is 0 Å². The molecule has 0 saturated carbocycles. The van der Waals surface area contributed by atoms with E-state index in [9.17, 15) is 0 Å². The van der Waals surface area contributed by atoms with Crippen LogP contribution >= 0.6 is 0 Å². The quantitative estimate of drug-likeness (QED) is 0.814. The summed E-state index contributed by atoms with van der Waals surface area (Å²) >= 11 is 0. The minimum atomic E-state index is 0.786. The van der Waals surface area contributed by atoms with Gasteiger partial charge in [0.05, 0.1) is 0 Å². The molecule has 0 unspecified atom stereocenters. The number of rotatable bonds is 4. The molecule has 2 aromatic carbocycles. The third-order valence-corrected chi connectivity index (χ3v) is 3.61. The lowest BCUT2D eigenvalue weighted by Gasteiger charge is -2.15. The predicted molar refractivity (Wildman–Crippen MR) is 75.1 cm³/mol. The van der Waals surface area contributed by atoms with Crippen LogP contribution in [0.25, 0.3) is 10.8 Å². The largest absolute Gasteiger partial charge is 0.492 e. The van der Waals surface area contributed by atoms with Gasteiger partial charge < -0.3 is 4.74 Å². The number of hydrogen-bond acceptors (Lipinski definition) is 2. The Morgan fingerprint density at radius 3 is 2.61 bits per heavy atom. The molecule has 0 radical (unpaired) electrons. The molecule has 0 bridgehead atoms. The maximum Gasteiger partial charge on any atom is 0.127 e. The molecule has 1 aliphatic heterocycles. The molecule has 2 heteroatoms. The normalized spacial score (nSPS) is 16.2. The van der Waals surface area contributed by atoms with Crippen molar-refractivity contribution in [2.24, 2.45) is 0 Å². The zero-order valence-corrected chi connectivity index (χ0v) is 10.6. The summed E-state index contributed by atoms with van der Waals surface area (Å²) in [6.07, 6.45) is 2.68. The fourth-order valence-electron chi connectivity index (χ4n) is 2.61. The Kier molecular flexibility index (Phi) is 3.47. The van der Waals surface area contributed by atoms with E-state index in [-0.39, 0.29) is 0 Å². The Bertz CT molecular complexity index is 512. The van der Waals surface area contributed by atoms with Crippen molar-refractivity contribution in [3.8, 4) is 5.75 Å². The topological polar surface area (TPSA) is 12.5 Å². The molecule has 1 fully saturated rings. The summed E-state index contributed by atoms with van der Waals surface area (Å²) in [7, 11) is 0. The smallest absolute Gasteiger partial charge is 0.127 e. The molecule has 2 aromatic rings. The van der Waals surface area contributed by atoms with Gasteiger partial charge in [0.25, 0.3) is 0 Å². The van der Waals surface area contributed by atoms with Crippen LogP contribution in [-0.4, -0.2) is 31.1 Å². The van der Waals surface area contributed by atoms with E-state index in [0.29, 0.717) is 0 Å². The van der Waals surface area contributed by atoms with Crippen molar-refractivity contribution in [1.82, 2.24) is 4.90 Å². The maximum atomic E-state index is 5.94. The standard InChI is InChI=1S/C16H19NO/c1-2-8-15-14(6-1)7-5-9-16(15)18-13-12-17-10-3-4-11-17/h1-2,5-9H,3-4,10-13H2. The zero-order valence-electron chi connectivity index (χ0n) is 10.6. The van der Waals surface area contributed by atoms with Gasteiger partial charge in [-0.3, -0.25) is 4.90 Å². The fourth-order valence-corrected chi connectivity index (χ4v) is 2.61. The number of ether oxygens (including phenoxy) is 1. The zero-order chi connectivity index (χ0) is 12.2. The Morgan fingerprint density at radius 2 is 1.72 bits per heavy atom. The minimum absolute atomic E-state index is 0.786. The second-order valence-electron chi connectivity index (χ2n) is 4.87. The predicted octanol–water partition coefficient (Wildman–Crippen LogP) is 3.31. The second kappa shape index (κ2) is 5.40. The third kappa shape index (κ3) is 2.49. The fraction of sp³-hybridized carbons (Fsp3) is 0.375. The summed E-state index contributed by atoms with van der Waals surface area (Å²) in [6, 6.07) is 14.6. The number of hydrogen-bond donors (Lipinski definition) is 0. The average molecular weight is 241 g/mol. The lowest BCUT2D eigenvalue weighted by Crippen LogP contribution is -2.25. The molecular formula is C16H19NO. The van der Waals surface area contributed by atoms with Crippen molar-refractivity contribution < 1.29 is 4.74 Å². The summed E-state index contributed by atoms with van der Waals surface area (Å²) < 4.78 is 5.94. The molecule has 1 saturated heterocycles. The summed E-state index contributed by atoms with van der Waals surface area (Å²) in [5.74, 6) is 1.01. The first-order chi connectivity index (χ1) is 8.93. The first kappa shape index (κ1) is 11.5. The number of nitrogens with zero attached hydrogens (tertiary/aromatic N) is 1. The van der Waals surface area contributed by atoms with Crippen molar-refractivity contribution in [2.75, 3.05) is 26.2 Å². The van der Waals surface area contributed by atoms with E-state index in [0.717, 1.165) is 18.9 Å². The molecule has 0 atom stereocenters. The van der Waals surface area contributed by atoms with Crippen LogP contribution in [0.15, 0.2) is 42.5 Å². The van der Waals surface area contributed by atoms with Crippen molar-refractivity contribution >= 4 is 10.8 Å². The van der Waals surface area contributed by atoms with Crippen LogP contribution in [-0.2, 0) is 0 Å². The van der Waals surface area contributed by atoms with E-state index in [4.69, 9.17) is 4.74 Å². The van der Waals surface area contributed by atoms with Gasteiger partial charge in [0, 0.05) is 11.9 Å². The van der Waals surface area contributed by atoms with Crippen molar-refractivity contribution in [2.45, 2.75) is 12.8 Å². The maximum absolute atomic E-state index is 5.94. The summed E-state index contributed by atoms with van der Waals surface area (Å²) in [5, 5.41) is 2.46. The van der Waals surface area contributed by atoms with E-state index in [1.54, 1.807) is 0 Å². The Morgan fingerprint density at radius 1 is 0.944 bits per heavy atom. The van der Waals surface area contributed by atoms with Gasteiger partial charge in [-0.1, -0.05) is 36.4 Å². The van der Waals surface area contributed by atoms with Gasteiger partial charge in [-0.05, 0) is 37.4 Å². The molecule has 0 amide bonds. The summed E-state index contributed by atoms with van der Waals surface area (Å²) in [4.78, 5) is 2.48. The van der Waals surface area contributed by atoms with Crippen LogP contribution in [0.3, 0.4) is 0 Å². The lowest BCUT2D eigenvalue weighted by molar-refractivity contribution is 0.239. The van der Waals surface area contributed by atoms with Crippen LogP contribution in [0.1, 0.15) is 12.8 Å². The van der Waals surface area contributed by atoms with Gasteiger partial charge >= 0.3 is 0 Å². The highest BCUT2D eigenvalue weighted by molar-refractivity contribution is 5.88. The number of fused-ring (bicyclic) bond motifs is 1. The first-order valence-corrected chi connectivity index (χ1v) is 6.76. The lowest BCUT2D eigenvalue weighted by atomic mass is 10.1. The minimum Gasteiger partial charge on any atom is -0.492 e. The van der Waals surface area contributed by atoms with Gasteiger partial charge in [-0.2, -0.15) is 0 Å². The highest BCUT2D eigenvalue weighted by Crippen LogP contribution is 2.25. The van der Waals surface area contributed by atoms with Gasteiger partial charge in [-0.15, -0.1) is 0 Å². The van der Waals surface area contributed by atoms with Crippen molar-refractivity contribution in [3.05, 3.63) is 42.5 Å². The molecule has 94 valence electrons. The van der Waals surface area contributed by atoms with Crippen molar-refractivity contribution in [3.63, 3.8) is 0 Å². The summed E-state index contributed by atoms with van der Waals surface area (Å²) in [6.45, 7) is 4.30. The molecule has 3 rings (SSSR count). The molecule has 18 heavy (non-hydrogen) atoms. The van der Waals surface area contributed by atoms with Crippen LogP contribution in [0.2, 0.25) is 0 Å². The number of likely N-dealkylation sites (tertiary alicyclic amines) is 1. The van der Waals surface area contributed by atoms with Crippen molar-refractivity contribution in [1.29, 1.82) is 0 Å². The van der Waals surface area contributed by atoms with Gasteiger partial charge in [0.1, 0.15) is 12.4 Å². The van der Waals surface area contributed by atoms with Crippen LogP contribution in [0.4, 0.5) is 0 Å². The monoisotopic (exact) mass is 241 g/mol. The molecule has 1 aliphatic rings.